The average Bonchev–Trinajstić information content (AvgIpc) is 3.02. The predicted molar refractivity (Wildman–Crippen MR) is 107 cm³/mol. The lowest BCUT2D eigenvalue weighted by Crippen LogP contribution is -2.38. The molecule has 6 heteroatoms. The number of alkyl carbamates (subject to hydrolysis) is 1. The first kappa shape index (κ1) is 19.9. The normalized spacial score (nSPS) is 12.4. The van der Waals surface area contributed by atoms with Crippen LogP contribution in [0.25, 0.3) is 11.1 Å². The summed E-state index contributed by atoms with van der Waals surface area (Å²) in [4.78, 5) is 23.7. The topological polar surface area (TPSA) is 76.7 Å². The van der Waals surface area contributed by atoms with Crippen LogP contribution < -0.4 is 10.6 Å². The maximum Gasteiger partial charge on any atom is 0.407 e. The van der Waals surface area contributed by atoms with E-state index in [2.05, 4.69) is 34.9 Å². The zero-order valence-corrected chi connectivity index (χ0v) is 16.2. The van der Waals surface area contributed by atoms with E-state index in [4.69, 9.17) is 9.47 Å². The highest BCUT2D eigenvalue weighted by Crippen LogP contribution is 2.44. The fourth-order valence-corrected chi connectivity index (χ4v) is 3.29. The third-order valence-electron chi connectivity index (χ3n) is 4.56. The summed E-state index contributed by atoms with van der Waals surface area (Å²) in [6, 6.07) is 16.3. The number of rotatable bonds is 8. The molecule has 1 aliphatic rings. The molecule has 0 aliphatic heterocycles. The Morgan fingerprint density at radius 3 is 2.18 bits per heavy atom. The minimum absolute atomic E-state index is 0.00332. The van der Waals surface area contributed by atoms with Gasteiger partial charge in [-0.3, -0.25) is 4.79 Å². The standard InChI is InChI=1S/C22H26N2O4/c1-15(2)12-27-14-24-21(25)11-23-22(26)28-13-20-18-9-5-3-7-16(18)17-8-4-6-10-19(17)20/h3-10,15,20H,11-14H2,1-2H3,(H,23,26)(H,24,25). The molecule has 28 heavy (non-hydrogen) atoms. The van der Waals surface area contributed by atoms with Crippen LogP contribution in [0.1, 0.15) is 30.9 Å². The molecule has 3 rings (SSSR count). The number of nitrogens with one attached hydrogen (secondary N) is 2. The van der Waals surface area contributed by atoms with Crippen molar-refractivity contribution in [2.75, 3.05) is 26.5 Å². The van der Waals surface area contributed by atoms with Gasteiger partial charge < -0.3 is 20.1 Å². The Kier molecular flexibility index (Phi) is 6.66. The van der Waals surface area contributed by atoms with Gasteiger partial charge in [-0.2, -0.15) is 0 Å². The van der Waals surface area contributed by atoms with E-state index < -0.39 is 6.09 Å². The van der Waals surface area contributed by atoms with Crippen molar-refractivity contribution in [3.05, 3.63) is 59.7 Å². The summed E-state index contributed by atoms with van der Waals surface area (Å²) in [5, 5.41) is 5.06. The molecule has 0 bridgehead atoms. The average molecular weight is 382 g/mol. The smallest absolute Gasteiger partial charge is 0.407 e. The van der Waals surface area contributed by atoms with E-state index >= 15 is 0 Å². The second-order valence-electron chi connectivity index (χ2n) is 7.19. The molecule has 0 saturated heterocycles. The van der Waals surface area contributed by atoms with Crippen LogP contribution in [0.3, 0.4) is 0 Å². The van der Waals surface area contributed by atoms with Gasteiger partial charge >= 0.3 is 6.09 Å². The summed E-state index contributed by atoms with van der Waals surface area (Å²) in [5.74, 6) is 0.0736. The van der Waals surface area contributed by atoms with Crippen molar-refractivity contribution in [3.8, 4) is 11.1 Å². The van der Waals surface area contributed by atoms with Gasteiger partial charge in [0, 0.05) is 5.92 Å². The number of ether oxygens (including phenoxy) is 2. The summed E-state index contributed by atoms with van der Waals surface area (Å²) in [7, 11) is 0. The zero-order valence-electron chi connectivity index (χ0n) is 16.2. The van der Waals surface area contributed by atoms with Crippen LogP contribution in [0.4, 0.5) is 4.79 Å². The van der Waals surface area contributed by atoms with Gasteiger partial charge in [-0.1, -0.05) is 62.4 Å². The molecule has 6 nitrogen and oxygen atoms in total. The third kappa shape index (κ3) is 4.89. The van der Waals surface area contributed by atoms with Crippen molar-refractivity contribution in [3.63, 3.8) is 0 Å². The Morgan fingerprint density at radius 2 is 1.57 bits per heavy atom. The number of hydrogen-bond donors (Lipinski definition) is 2. The van der Waals surface area contributed by atoms with E-state index in [9.17, 15) is 9.59 Å². The van der Waals surface area contributed by atoms with Gasteiger partial charge in [-0.05, 0) is 28.2 Å². The zero-order chi connectivity index (χ0) is 19.9. The SMILES string of the molecule is CC(C)COCNC(=O)CNC(=O)OCC1c2ccccc2-c2ccccc21. The molecule has 0 unspecified atom stereocenters. The molecule has 0 saturated carbocycles. The molecular weight excluding hydrogens is 356 g/mol. The monoisotopic (exact) mass is 382 g/mol. The second kappa shape index (κ2) is 9.37. The van der Waals surface area contributed by atoms with Crippen LogP contribution in [0, 0.1) is 5.92 Å². The number of amides is 2. The highest BCUT2D eigenvalue weighted by molar-refractivity contribution is 5.82. The lowest BCUT2D eigenvalue weighted by Gasteiger charge is -2.14. The summed E-state index contributed by atoms with van der Waals surface area (Å²) < 4.78 is 10.7. The first-order valence-electron chi connectivity index (χ1n) is 9.49. The summed E-state index contributed by atoms with van der Waals surface area (Å²) in [5.41, 5.74) is 4.65. The third-order valence-corrected chi connectivity index (χ3v) is 4.56. The van der Waals surface area contributed by atoms with Crippen molar-refractivity contribution < 1.29 is 19.1 Å². The van der Waals surface area contributed by atoms with Crippen LogP contribution in [-0.4, -0.2) is 38.5 Å². The summed E-state index contributed by atoms with van der Waals surface area (Å²) in [6.45, 7) is 4.82. The van der Waals surface area contributed by atoms with Crippen LogP contribution in [0.15, 0.2) is 48.5 Å². The minimum Gasteiger partial charge on any atom is -0.449 e. The van der Waals surface area contributed by atoms with Crippen molar-refractivity contribution in [2.45, 2.75) is 19.8 Å². The number of carbonyl (C=O) groups is 2. The number of carbonyl (C=O) groups excluding carboxylic acids is 2. The van der Waals surface area contributed by atoms with Crippen molar-refractivity contribution >= 4 is 12.0 Å². The number of fused-ring (bicyclic) bond motifs is 3. The van der Waals surface area contributed by atoms with Gasteiger partial charge in [0.2, 0.25) is 5.91 Å². The molecule has 2 N–H and O–H groups in total. The van der Waals surface area contributed by atoms with E-state index in [1.54, 1.807) is 0 Å². The Hall–Kier alpha value is -2.86. The maximum atomic E-state index is 12.0. The Bertz CT molecular complexity index is 789. The first-order valence-corrected chi connectivity index (χ1v) is 9.49. The van der Waals surface area contributed by atoms with Crippen molar-refractivity contribution in [1.29, 1.82) is 0 Å². The molecule has 2 aromatic rings. The van der Waals surface area contributed by atoms with Crippen molar-refractivity contribution in [2.24, 2.45) is 5.92 Å². The Balaban J connectivity index is 1.47. The lowest BCUT2D eigenvalue weighted by atomic mass is 9.98. The molecule has 0 heterocycles. The molecule has 148 valence electrons. The predicted octanol–water partition coefficient (Wildman–Crippen LogP) is 3.27. The fourth-order valence-electron chi connectivity index (χ4n) is 3.29. The van der Waals surface area contributed by atoms with E-state index in [0.29, 0.717) is 12.5 Å². The largest absolute Gasteiger partial charge is 0.449 e. The highest BCUT2D eigenvalue weighted by Gasteiger charge is 2.28. The van der Waals surface area contributed by atoms with Gasteiger partial charge in [0.15, 0.2) is 0 Å². The van der Waals surface area contributed by atoms with Gasteiger partial charge in [0.1, 0.15) is 19.9 Å². The molecule has 1 aliphatic carbocycles. The van der Waals surface area contributed by atoms with E-state index in [1.165, 1.54) is 11.1 Å². The Morgan fingerprint density at radius 1 is 0.964 bits per heavy atom. The molecule has 2 amide bonds. The summed E-state index contributed by atoms with van der Waals surface area (Å²) >= 11 is 0. The lowest BCUT2D eigenvalue weighted by molar-refractivity contribution is -0.122. The summed E-state index contributed by atoms with van der Waals surface area (Å²) in [6.07, 6.45) is -0.611. The van der Waals surface area contributed by atoms with Gasteiger partial charge in [-0.25, -0.2) is 4.79 Å². The quantitative estimate of drug-likeness (QED) is 0.543. The van der Waals surface area contributed by atoms with Crippen LogP contribution in [-0.2, 0) is 14.3 Å². The molecular formula is C22H26N2O4. The molecule has 0 spiro atoms. The fraction of sp³-hybridized carbons (Fsp3) is 0.364. The second-order valence-corrected chi connectivity index (χ2v) is 7.19. The van der Waals surface area contributed by atoms with Gasteiger partial charge in [0.25, 0.3) is 0 Å². The van der Waals surface area contributed by atoms with E-state index in [0.717, 1.165) is 11.1 Å². The minimum atomic E-state index is -0.611. The Labute approximate surface area is 165 Å². The van der Waals surface area contributed by atoms with E-state index in [1.807, 2.05) is 38.1 Å². The van der Waals surface area contributed by atoms with Crippen molar-refractivity contribution in [1.82, 2.24) is 10.6 Å². The van der Waals surface area contributed by atoms with Crippen LogP contribution in [0.5, 0.6) is 0 Å². The maximum absolute atomic E-state index is 12.0. The number of benzene rings is 2. The molecule has 0 radical (unpaired) electrons. The van der Waals surface area contributed by atoms with Gasteiger partial charge in [-0.15, -0.1) is 0 Å². The van der Waals surface area contributed by atoms with Gasteiger partial charge in [0.05, 0.1) is 6.61 Å². The number of hydrogen-bond acceptors (Lipinski definition) is 4. The molecule has 2 aromatic carbocycles. The molecule has 0 aromatic heterocycles. The van der Waals surface area contributed by atoms with E-state index in [-0.39, 0.29) is 31.7 Å². The van der Waals surface area contributed by atoms with Crippen LogP contribution in [0.2, 0.25) is 0 Å². The molecule has 0 fully saturated rings. The molecule has 0 atom stereocenters. The van der Waals surface area contributed by atoms with Crippen LogP contribution >= 0.6 is 0 Å². The first-order chi connectivity index (χ1) is 13.6. The highest BCUT2D eigenvalue weighted by atomic mass is 16.5.